The first-order valence-corrected chi connectivity index (χ1v) is 15.5. The molecule has 0 radical (unpaired) electrons. The first kappa shape index (κ1) is 29.4. The van der Waals surface area contributed by atoms with Gasteiger partial charge in [-0.15, -0.1) is 0 Å². The smallest absolute Gasteiger partial charge is 0.246 e. The van der Waals surface area contributed by atoms with Crippen molar-refractivity contribution in [1.82, 2.24) is 25.3 Å². The summed E-state index contributed by atoms with van der Waals surface area (Å²) in [6, 6.07) is 10.2. The standard InChI is InChI=1S/C32H44N6O4/c1-4-27(39)38-17-16-37(18-23(38)12-14-33)30-26-11-13-32(21(2)25-10-6-5-8-22(25)19-42-32)29(40)28(26)34-31(35-30)41-20-24-9-7-15-36(24)3/h4-6,8,10,21,23-24,26,28,30-31,34-35H,1,7,9,11-13,15-20H2,2-3H3/t21?,23?,24?,26?,28?,30?,31?,32-/m1/s1. The zero-order valence-corrected chi connectivity index (χ0v) is 24.8. The van der Waals surface area contributed by atoms with E-state index in [4.69, 9.17) is 9.47 Å². The first-order chi connectivity index (χ1) is 20.4. The van der Waals surface area contributed by atoms with E-state index in [1.54, 1.807) is 4.90 Å². The van der Waals surface area contributed by atoms with Gasteiger partial charge in [-0.1, -0.05) is 37.8 Å². The number of carbonyl (C=O) groups is 2. The molecule has 0 aromatic heterocycles. The second kappa shape index (κ2) is 12.2. The number of likely N-dealkylation sites (tertiary alicyclic amines) is 1. The van der Waals surface area contributed by atoms with Crippen molar-refractivity contribution < 1.29 is 19.1 Å². The lowest BCUT2D eigenvalue weighted by atomic mass is 9.64. The predicted octanol–water partition coefficient (Wildman–Crippen LogP) is 1.93. The zero-order chi connectivity index (χ0) is 29.4. The number of hydrogen-bond donors (Lipinski definition) is 2. The number of ketones is 1. The van der Waals surface area contributed by atoms with Crippen LogP contribution in [0.2, 0.25) is 0 Å². The molecule has 1 amide bonds. The molecule has 1 aliphatic carbocycles. The number of piperazine rings is 1. The number of ether oxygens (including phenoxy) is 2. The topological polar surface area (TPSA) is 110 Å². The normalized spacial score (nSPS) is 37.2. The summed E-state index contributed by atoms with van der Waals surface area (Å²) >= 11 is 0. The molecule has 5 aliphatic rings. The van der Waals surface area contributed by atoms with E-state index in [9.17, 15) is 14.9 Å². The number of amides is 1. The molecule has 4 heterocycles. The predicted molar refractivity (Wildman–Crippen MR) is 157 cm³/mol. The fraction of sp³-hybridized carbons (Fsp3) is 0.656. The molecule has 1 aromatic rings. The summed E-state index contributed by atoms with van der Waals surface area (Å²) in [6.07, 6.45) is 4.64. The van der Waals surface area contributed by atoms with Crippen molar-refractivity contribution in [2.75, 3.05) is 39.8 Å². The number of nitrogens with zero attached hydrogens (tertiary/aromatic N) is 4. The van der Waals surface area contributed by atoms with E-state index in [0.717, 1.165) is 31.4 Å². The number of benzene rings is 1. The van der Waals surface area contributed by atoms with Gasteiger partial charge < -0.3 is 19.3 Å². The van der Waals surface area contributed by atoms with Crippen molar-refractivity contribution in [2.24, 2.45) is 5.92 Å². The molecule has 1 saturated carbocycles. The van der Waals surface area contributed by atoms with Crippen LogP contribution < -0.4 is 10.6 Å². The minimum atomic E-state index is -0.876. The van der Waals surface area contributed by atoms with Crippen molar-refractivity contribution >= 4 is 11.7 Å². The largest absolute Gasteiger partial charge is 0.362 e. The Morgan fingerprint density at radius 1 is 1.24 bits per heavy atom. The lowest BCUT2D eigenvalue weighted by molar-refractivity contribution is -0.177. The Kier molecular flexibility index (Phi) is 8.51. The van der Waals surface area contributed by atoms with Crippen LogP contribution in [-0.2, 0) is 25.7 Å². The highest BCUT2D eigenvalue weighted by Crippen LogP contribution is 2.48. The Balaban J connectivity index is 1.26. The lowest BCUT2D eigenvalue weighted by Gasteiger charge is -2.56. The van der Waals surface area contributed by atoms with Crippen LogP contribution in [0, 0.1) is 17.2 Å². The Hall–Kier alpha value is -2.65. The van der Waals surface area contributed by atoms with Crippen molar-refractivity contribution in [3.8, 4) is 6.07 Å². The SMILES string of the molecule is C=CC(=O)N1CCN(C2NC(OCC3CCCN3C)NC3C(=O)[C@]4(CCC32)OCc2ccccc2C4C)CC1CC#N. The van der Waals surface area contributed by atoms with Crippen LogP contribution in [0.3, 0.4) is 0 Å². The third kappa shape index (κ3) is 5.21. The van der Waals surface area contributed by atoms with Crippen LogP contribution in [0.5, 0.6) is 0 Å². The van der Waals surface area contributed by atoms with Crippen LogP contribution in [-0.4, -0.2) is 102 Å². The van der Waals surface area contributed by atoms with E-state index in [1.165, 1.54) is 11.6 Å². The Morgan fingerprint density at radius 2 is 2.07 bits per heavy atom. The molecule has 10 nitrogen and oxygen atoms in total. The molecule has 0 bridgehead atoms. The van der Waals surface area contributed by atoms with Crippen LogP contribution in [0.1, 0.15) is 56.1 Å². The average molecular weight is 577 g/mol. The van der Waals surface area contributed by atoms with Crippen LogP contribution >= 0.6 is 0 Å². The monoisotopic (exact) mass is 576 g/mol. The van der Waals surface area contributed by atoms with Gasteiger partial charge >= 0.3 is 0 Å². The van der Waals surface area contributed by atoms with E-state index in [1.807, 2.05) is 12.1 Å². The fourth-order valence-electron chi connectivity index (χ4n) is 8.09. The third-order valence-electron chi connectivity index (χ3n) is 10.6. The highest BCUT2D eigenvalue weighted by Gasteiger charge is 2.58. The second-order valence-corrected chi connectivity index (χ2v) is 12.7. The van der Waals surface area contributed by atoms with Gasteiger partial charge in [-0.3, -0.25) is 25.1 Å². The van der Waals surface area contributed by atoms with Gasteiger partial charge in [0.25, 0.3) is 0 Å². The van der Waals surface area contributed by atoms with Crippen molar-refractivity contribution in [1.29, 1.82) is 5.26 Å². The van der Waals surface area contributed by atoms with E-state index in [0.29, 0.717) is 45.3 Å². The molecular weight excluding hydrogens is 532 g/mol. The highest BCUT2D eigenvalue weighted by atomic mass is 16.5. The Labute approximate surface area is 249 Å². The molecule has 226 valence electrons. The summed E-state index contributed by atoms with van der Waals surface area (Å²) in [6.45, 7) is 9.55. The molecule has 1 aromatic carbocycles. The van der Waals surface area contributed by atoms with E-state index < -0.39 is 18.0 Å². The summed E-state index contributed by atoms with van der Waals surface area (Å²) in [5, 5.41) is 16.8. The van der Waals surface area contributed by atoms with E-state index >= 15 is 0 Å². The number of likely N-dealkylation sites (N-methyl/N-ethyl adjacent to an activating group) is 1. The van der Waals surface area contributed by atoms with Crippen LogP contribution in [0.25, 0.3) is 0 Å². The van der Waals surface area contributed by atoms with Crippen molar-refractivity contribution in [2.45, 2.75) is 87.8 Å². The minimum absolute atomic E-state index is 0.00510. The van der Waals surface area contributed by atoms with Crippen molar-refractivity contribution in [3.05, 3.63) is 48.0 Å². The maximum atomic E-state index is 14.6. The Morgan fingerprint density at radius 3 is 2.83 bits per heavy atom. The average Bonchev–Trinajstić information content (AvgIpc) is 3.43. The molecule has 2 N–H and O–H groups in total. The number of Topliss-reactive ketones (excluding diaryl/α,β-unsaturated/α-hetero) is 1. The number of rotatable bonds is 6. The zero-order valence-electron chi connectivity index (χ0n) is 24.8. The highest BCUT2D eigenvalue weighted by molar-refractivity contribution is 5.94. The maximum Gasteiger partial charge on any atom is 0.246 e. The fourth-order valence-corrected chi connectivity index (χ4v) is 8.09. The Bertz CT molecular complexity index is 1240. The molecule has 4 aliphatic heterocycles. The molecule has 7 unspecified atom stereocenters. The van der Waals surface area contributed by atoms with Gasteiger partial charge in [0, 0.05) is 37.5 Å². The molecular formula is C32H44N6O4. The summed E-state index contributed by atoms with van der Waals surface area (Å²) < 4.78 is 13.0. The molecule has 1 spiro atoms. The number of nitrogens with one attached hydrogen (secondary N) is 2. The van der Waals surface area contributed by atoms with Gasteiger partial charge in [-0.05, 0) is 56.5 Å². The second-order valence-electron chi connectivity index (χ2n) is 12.7. The first-order valence-electron chi connectivity index (χ1n) is 15.5. The van der Waals surface area contributed by atoms with Gasteiger partial charge in [-0.2, -0.15) is 5.26 Å². The summed E-state index contributed by atoms with van der Waals surface area (Å²) in [5.41, 5.74) is 1.47. The molecule has 3 saturated heterocycles. The third-order valence-corrected chi connectivity index (χ3v) is 10.6. The molecule has 8 atom stereocenters. The molecule has 4 fully saturated rings. The van der Waals surface area contributed by atoms with Gasteiger partial charge in [0.2, 0.25) is 5.91 Å². The molecule has 10 heteroatoms. The molecule has 6 rings (SSSR count). The van der Waals surface area contributed by atoms with Gasteiger partial charge in [0.1, 0.15) is 5.60 Å². The van der Waals surface area contributed by atoms with Crippen LogP contribution in [0.4, 0.5) is 0 Å². The number of fused-ring (bicyclic) bond motifs is 2. The minimum Gasteiger partial charge on any atom is -0.362 e. The van der Waals surface area contributed by atoms with Crippen LogP contribution in [0.15, 0.2) is 36.9 Å². The van der Waals surface area contributed by atoms with Crippen molar-refractivity contribution in [3.63, 3.8) is 0 Å². The van der Waals surface area contributed by atoms with Gasteiger partial charge in [-0.25, -0.2) is 0 Å². The van der Waals surface area contributed by atoms with E-state index in [-0.39, 0.29) is 42.2 Å². The van der Waals surface area contributed by atoms with E-state index in [2.05, 4.69) is 59.2 Å². The number of nitriles is 1. The van der Waals surface area contributed by atoms with Gasteiger partial charge in [0.15, 0.2) is 12.1 Å². The van der Waals surface area contributed by atoms with Gasteiger partial charge in [0.05, 0.1) is 44.0 Å². The summed E-state index contributed by atoms with van der Waals surface area (Å²) in [4.78, 5) is 33.5. The lowest BCUT2D eigenvalue weighted by Crippen LogP contribution is -2.76. The summed E-state index contributed by atoms with van der Waals surface area (Å²) in [5.74, 6) is -0.0974. The maximum absolute atomic E-state index is 14.6. The number of carbonyl (C=O) groups excluding carboxylic acids is 2. The molecule has 42 heavy (non-hydrogen) atoms. The summed E-state index contributed by atoms with van der Waals surface area (Å²) in [7, 11) is 2.13. The quantitative estimate of drug-likeness (QED) is 0.491. The number of hydrogen-bond acceptors (Lipinski definition) is 9.